The molecule has 1 unspecified atom stereocenters. The summed E-state index contributed by atoms with van der Waals surface area (Å²) in [4.78, 5) is 0. The summed E-state index contributed by atoms with van der Waals surface area (Å²) in [5.41, 5.74) is 0.663. The highest BCUT2D eigenvalue weighted by Gasteiger charge is 1.99. The van der Waals surface area contributed by atoms with E-state index < -0.39 is 11.0 Å². The van der Waals surface area contributed by atoms with Gasteiger partial charge in [0.1, 0.15) is 16.7 Å². The molecule has 1 atom stereocenters. The van der Waals surface area contributed by atoms with Crippen LogP contribution in [0.3, 0.4) is 0 Å². The Bertz CT molecular complexity index is 277. The largest absolute Gasteiger partial charge is 0.463 e. The van der Waals surface area contributed by atoms with Crippen LogP contribution in [0.25, 0.3) is 0 Å². The highest BCUT2D eigenvalue weighted by molar-refractivity contribution is 7.83. The zero-order chi connectivity index (χ0) is 8.27. The van der Waals surface area contributed by atoms with Crippen molar-refractivity contribution in [2.75, 3.05) is 6.26 Å². The van der Waals surface area contributed by atoms with Gasteiger partial charge in [0.25, 0.3) is 0 Å². The summed E-state index contributed by atoms with van der Waals surface area (Å²) >= 11 is 0. The summed E-state index contributed by atoms with van der Waals surface area (Å²) in [7, 11) is -1.15. The fourth-order valence-electron chi connectivity index (χ4n) is 0.722. The van der Waals surface area contributed by atoms with E-state index in [-0.39, 0.29) is 0 Å². The second kappa shape index (κ2) is 3.48. The molecule has 0 amide bonds. The van der Waals surface area contributed by atoms with Crippen LogP contribution in [-0.4, -0.2) is 16.2 Å². The quantitative estimate of drug-likeness (QED) is 0.631. The Hall–Kier alpha value is -0.900. The lowest BCUT2D eigenvalue weighted by Crippen LogP contribution is -1.93. The summed E-state index contributed by atoms with van der Waals surface area (Å²) in [5.74, 6) is 0.667. The molecular formula is C7H9NO2S. The number of furan rings is 1. The molecule has 0 spiro atoms. The number of hydrogen-bond donors (Lipinski definition) is 0. The first-order valence-corrected chi connectivity index (χ1v) is 4.64. The van der Waals surface area contributed by atoms with Gasteiger partial charge in [0.15, 0.2) is 0 Å². The third-order valence-electron chi connectivity index (χ3n) is 1.14. The molecular weight excluding hydrogens is 162 g/mol. The van der Waals surface area contributed by atoms with Gasteiger partial charge in [0.2, 0.25) is 0 Å². The number of rotatable bonds is 2. The van der Waals surface area contributed by atoms with Crippen molar-refractivity contribution >= 4 is 16.7 Å². The molecule has 4 heteroatoms. The van der Waals surface area contributed by atoms with E-state index in [0.29, 0.717) is 11.5 Å². The molecule has 60 valence electrons. The second-order valence-corrected chi connectivity index (χ2v) is 3.11. The van der Waals surface area contributed by atoms with Crippen LogP contribution in [0.15, 0.2) is 27.2 Å². The van der Waals surface area contributed by atoms with Crippen molar-refractivity contribution in [3.63, 3.8) is 0 Å². The number of hydrogen-bond acceptors (Lipinski definition) is 2. The van der Waals surface area contributed by atoms with Gasteiger partial charge in [-0.1, -0.05) is 0 Å². The minimum Gasteiger partial charge on any atom is -0.463 e. The third-order valence-corrected chi connectivity index (χ3v) is 1.67. The van der Waals surface area contributed by atoms with Crippen LogP contribution < -0.4 is 0 Å². The molecule has 1 heterocycles. The van der Waals surface area contributed by atoms with E-state index in [1.165, 1.54) is 6.26 Å². The van der Waals surface area contributed by atoms with Gasteiger partial charge < -0.3 is 4.42 Å². The van der Waals surface area contributed by atoms with Crippen LogP contribution >= 0.6 is 0 Å². The van der Waals surface area contributed by atoms with E-state index in [1.807, 2.05) is 0 Å². The van der Waals surface area contributed by atoms with E-state index in [1.54, 1.807) is 25.3 Å². The van der Waals surface area contributed by atoms with Crippen molar-refractivity contribution in [1.82, 2.24) is 0 Å². The first-order chi connectivity index (χ1) is 5.20. The van der Waals surface area contributed by atoms with Crippen LogP contribution in [0.4, 0.5) is 0 Å². The van der Waals surface area contributed by atoms with Gasteiger partial charge in [0, 0.05) is 6.26 Å². The van der Waals surface area contributed by atoms with E-state index in [9.17, 15) is 4.21 Å². The average molecular weight is 171 g/mol. The van der Waals surface area contributed by atoms with Crippen molar-refractivity contribution in [3.8, 4) is 0 Å². The Morgan fingerprint density at radius 1 is 1.73 bits per heavy atom. The molecule has 0 radical (unpaired) electrons. The molecule has 0 saturated carbocycles. The molecule has 0 bridgehead atoms. The van der Waals surface area contributed by atoms with Crippen molar-refractivity contribution < 1.29 is 8.63 Å². The van der Waals surface area contributed by atoms with Crippen LogP contribution in [0, 0.1) is 0 Å². The molecule has 0 aliphatic carbocycles. The van der Waals surface area contributed by atoms with Gasteiger partial charge in [-0.3, -0.25) is 0 Å². The standard InChI is InChI=1S/C7H9NO2S/c1-6(8-11(2)9)7-4-3-5-10-7/h3-5H,1-2H3/b8-6-. The van der Waals surface area contributed by atoms with Crippen molar-refractivity contribution in [1.29, 1.82) is 0 Å². The lowest BCUT2D eigenvalue weighted by atomic mass is 10.3. The Morgan fingerprint density at radius 3 is 2.91 bits per heavy atom. The first kappa shape index (κ1) is 8.20. The van der Waals surface area contributed by atoms with Crippen LogP contribution in [0.2, 0.25) is 0 Å². The fourth-order valence-corrected chi connectivity index (χ4v) is 1.20. The van der Waals surface area contributed by atoms with Crippen molar-refractivity contribution in [2.45, 2.75) is 6.92 Å². The topological polar surface area (TPSA) is 42.6 Å². The van der Waals surface area contributed by atoms with Gasteiger partial charge in [-0.25, -0.2) is 4.21 Å². The highest BCUT2D eigenvalue weighted by Crippen LogP contribution is 2.02. The SMILES string of the molecule is C/C(=N/S(C)=O)c1ccco1. The van der Waals surface area contributed by atoms with Gasteiger partial charge in [-0.05, 0) is 19.1 Å². The van der Waals surface area contributed by atoms with Crippen molar-refractivity contribution in [2.24, 2.45) is 4.40 Å². The van der Waals surface area contributed by atoms with Gasteiger partial charge in [0.05, 0.1) is 12.0 Å². The number of nitrogens with zero attached hydrogens (tertiary/aromatic N) is 1. The highest BCUT2D eigenvalue weighted by atomic mass is 32.2. The maximum absolute atomic E-state index is 10.6. The maximum Gasteiger partial charge on any atom is 0.148 e. The predicted octanol–water partition coefficient (Wildman–Crippen LogP) is 1.38. The molecule has 0 aromatic carbocycles. The maximum atomic E-state index is 10.6. The Labute approximate surface area is 67.7 Å². The summed E-state index contributed by atoms with van der Waals surface area (Å²) in [5, 5.41) is 0. The predicted molar refractivity (Wildman–Crippen MR) is 45.0 cm³/mol. The molecule has 1 aromatic rings. The molecule has 0 N–H and O–H groups in total. The second-order valence-electron chi connectivity index (χ2n) is 2.08. The minimum absolute atomic E-state index is 0.663. The lowest BCUT2D eigenvalue weighted by Gasteiger charge is -1.91. The summed E-state index contributed by atoms with van der Waals surface area (Å²) < 4.78 is 19.5. The summed E-state index contributed by atoms with van der Waals surface area (Å²) in [6, 6.07) is 3.55. The van der Waals surface area contributed by atoms with Gasteiger partial charge >= 0.3 is 0 Å². The Balaban J connectivity index is 2.86. The zero-order valence-corrected chi connectivity index (χ0v) is 7.22. The zero-order valence-electron chi connectivity index (χ0n) is 6.40. The first-order valence-electron chi connectivity index (χ1n) is 3.13. The third kappa shape index (κ3) is 2.31. The monoisotopic (exact) mass is 171 g/mol. The molecule has 0 fully saturated rings. The van der Waals surface area contributed by atoms with Gasteiger partial charge in [-0.15, -0.1) is 0 Å². The van der Waals surface area contributed by atoms with E-state index >= 15 is 0 Å². The van der Waals surface area contributed by atoms with Crippen LogP contribution in [0.1, 0.15) is 12.7 Å². The Kier molecular flexibility index (Phi) is 2.59. The normalized spacial score (nSPS) is 14.9. The minimum atomic E-state index is -1.15. The van der Waals surface area contributed by atoms with E-state index in [4.69, 9.17) is 4.42 Å². The fraction of sp³-hybridized carbons (Fsp3) is 0.286. The molecule has 1 rings (SSSR count). The van der Waals surface area contributed by atoms with Crippen LogP contribution in [-0.2, 0) is 11.0 Å². The van der Waals surface area contributed by atoms with E-state index in [2.05, 4.69) is 4.40 Å². The smallest absolute Gasteiger partial charge is 0.148 e. The summed E-state index contributed by atoms with van der Waals surface area (Å²) in [6.45, 7) is 1.76. The average Bonchev–Trinajstić information content (AvgIpc) is 2.35. The molecule has 0 aliphatic heterocycles. The molecule has 0 aliphatic rings. The lowest BCUT2D eigenvalue weighted by molar-refractivity contribution is 0.557. The summed E-state index contributed by atoms with van der Waals surface area (Å²) in [6.07, 6.45) is 3.08. The van der Waals surface area contributed by atoms with Crippen molar-refractivity contribution in [3.05, 3.63) is 24.2 Å². The van der Waals surface area contributed by atoms with Crippen LogP contribution in [0.5, 0.6) is 0 Å². The molecule has 3 nitrogen and oxygen atoms in total. The van der Waals surface area contributed by atoms with E-state index in [0.717, 1.165) is 0 Å². The van der Waals surface area contributed by atoms with Gasteiger partial charge in [-0.2, -0.15) is 4.40 Å². The molecule has 1 aromatic heterocycles. The Morgan fingerprint density at radius 2 is 2.45 bits per heavy atom. The molecule has 11 heavy (non-hydrogen) atoms. The molecule has 0 saturated heterocycles.